The van der Waals surface area contributed by atoms with E-state index in [2.05, 4.69) is 4.57 Å². The number of aromatic nitrogens is 1. The van der Waals surface area contributed by atoms with E-state index < -0.39 is 5.97 Å². The number of fused-ring (bicyclic) bond motifs is 1. The number of nitrogens with zero attached hydrogens (tertiary/aromatic N) is 1. The van der Waals surface area contributed by atoms with E-state index in [-0.39, 0.29) is 6.42 Å². The molecule has 17 heavy (non-hydrogen) atoms. The Labute approximate surface area is 105 Å². The highest BCUT2D eigenvalue weighted by molar-refractivity contribution is 6.32. The van der Waals surface area contributed by atoms with Crippen LogP contribution < -0.4 is 0 Å². The average molecular weight is 252 g/mol. The van der Waals surface area contributed by atoms with Crippen molar-refractivity contribution in [2.75, 3.05) is 0 Å². The molecule has 0 aliphatic heterocycles. The molecule has 1 N–H and O–H groups in total. The maximum Gasteiger partial charge on any atom is 0.307 e. The normalized spacial score (nSPS) is 11.0. The summed E-state index contributed by atoms with van der Waals surface area (Å²) in [6.45, 7) is 4.79. The summed E-state index contributed by atoms with van der Waals surface area (Å²) in [7, 11) is 0. The van der Waals surface area contributed by atoms with E-state index in [4.69, 9.17) is 16.7 Å². The van der Waals surface area contributed by atoms with Gasteiger partial charge in [-0.05, 0) is 31.0 Å². The van der Waals surface area contributed by atoms with Crippen LogP contribution in [0, 0.1) is 6.92 Å². The van der Waals surface area contributed by atoms with Gasteiger partial charge in [0.15, 0.2) is 0 Å². The molecule has 1 aromatic carbocycles. The maximum atomic E-state index is 10.8. The fourth-order valence-corrected chi connectivity index (χ4v) is 2.33. The number of hydrogen-bond acceptors (Lipinski definition) is 1. The number of aliphatic carboxylic acids is 1. The van der Waals surface area contributed by atoms with Gasteiger partial charge in [0.25, 0.3) is 0 Å². The van der Waals surface area contributed by atoms with E-state index >= 15 is 0 Å². The van der Waals surface area contributed by atoms with Gasteiger partial charge >= 0.3 is 5.97 Å². The van der Waals surface area contributed by atoms with Crippen molar-refractivity contribution in [3.8, 4) is 0 Å². The molecule has 0 saturated heterocycles. The molecule has 1 aromatic heterocycles. The van der Waals surface area contributed by atoms with Crippen LogP contribution in [0.15, 0.2) is 18.3 Å². The monoisotopic (exact) mass is 251 g/mol. The van der Waals surface area contributed by atoms with E-state index in [0.717, 1.165) is 28.6 Å². The zero-order chi connectivity index (χ0) is 12.6. The quantitative estimate of drug-likeness (QED) is 0.910. The molecule has 0 unspecified atom stereocenters. The summed E-state index contributed by atoms with van der Waals surface area (Å²) in [5.74, 6) is -0.812. The van der Waals surface area contributed by atoms with Crippen molar-refractivity contribution in [2.45, 2.75) is 26.8 Å². The van der Waals surface area contributed by atoms with Crippen LogP contribution in [-0.4, -0.2) is 15.6 Å². The predicted molar refractivity (Wildman–Crippen MR) is 68.7 cm³/mol. The SMILES string of the molecule is CCn1cc(CC(=O)O)c2ccc(Cl)c(C)c21. The third-order valence-electron chi connectivity index (χ3n) is 2.99. The minimum absolute atomic E-state index is 0.0462. The lowest BCUT2D eigenvalue weighted by molar-refractivity contribution is -0.136. The number of benzene rings is 1. The molecule has 90 valence electrons. The van der Waals surface area contributed by atoms with Crippen molar-refractivity contribution in [1.82, 2.24) is 4.57 Å². The van der Waals surface area contributed by atoms with Crippen LogP contribution in [0.1, 0.15) is 18.1 Å². The highest BCUT2D eigenvalue weighted by atomic mass is 35.5. The summed E-state index contributed by atoms with van der Waals surface area (Å²) in [4.78, 5) is 10.8. The van der Waals surface area contributed by atoms with Gasteiger partial charge in [-0.3, -0.25) is 4.79 Å². The Bertz CT molecular complexity index is 587. The highest BCUT2D eigenvalue weighted by Crippen LogP contribution is 2.29. The van der Waals surface area contributed by atoms with E-state index in [1.54, 1.807) is 0 Å². The Kier molecular flexibility index (Phi) is 3.11. The first-order valence-corrected chi connectivity index (χ1v) is 5.91. The number of rotatable bonds is 3. The van der Waals surface area contributed by atoms with Gasteiger partial charge in [-0.15, -0.1) is 0 Å². The molecular weight excluding hydrogens is 238 g/mol. The number of carbonyl (C=O) groups is 1. The van der Waals surface area contributed by atoms with Crippen LogP contribution in [0.4, 0.5) is 0 Å². The Balaban J connectivity index is 2.73. The Morgan fingerprint density at radius 3 is 2.76 bits per heavy atom. The van der Waals surface area contributed by atoms with Gasteiger partial charge in [-0.25, -0.2) is 0 Å². The fourth-order valence-electron chi connectivity index (χ4n) is 2.18. The largest absolute Gasteiger partial charge is 0.481 e. The molecule has 3 nitrogen and oxygen atoms in total. The van der Waals surface area contributed by atoms with Gasteiger partial charge in [0.1, 0.15) is 0 Å². The topological polar surface area (TPSA) is 42.2 Å². The third kappa shape index (κ3) is 2.03. The van der Waals surface area contributed by atoms with E-state index in [1.807, 2.05) is 32.2 Å². The fraction of sp³-hybridized carbons (Fsp3) is 0.308. The summed E-state index contributed by atoms with van der Waals surface area (Å²) in [6, 6.07) is 3.72. The molecule has 0 radical (unpaired) electrons. The number of halogens is 1. The van der Waals surface area contributed by atoms with Gasteiger partial charge in [0, 0.05) is 23.2 Å². The molecule has 4 heteroatoms. The lowest BCUT2D eigenvalue weighted by atomic mass is 10.1. The summed E-state index contributed by atoms with van der Waals surface area (Å²) in [5.41, 5.74) is 2.88. The van der Waals surface area contributed by atoms with Crippen molar-refractivity contribution in [1.29, 1.82) is 0 Å². The highest BCUT2D eigenvalue weighted by Gasteiger charge is 2.13. The molecule has 0 spiro atoms. The van der Waals surface area contributed by atoms with Crippen molar-refractivity contribution >= 4 is 28.5 Å². The van der Waals surface area contributed by atoms with Crippen LogP contribution in [-0.2, 0) is 17.8 Å². The molecule has 0 aliphatic carbocycles. The molecule has 2 aromatic rings. The summed E-state index contributed by atoms with van der Waals surface area (Å²) in [6.07, 6.45) is 1.95. The second kappa shape index (κ2) is 4.41. The smallest absolute Gasteiger partial charge is 0.307 e. The minimum Gasteiger partial charge on any atom is -0.481 e. The average Bonchev–Trinajstić information content (AvgIpc) is 2.61. The third-order valence-corrected chi connectivity index (χ3v) is 3.40. The van der Waals surface area contributed by atoms with Crippen molar-refractivity contribution in [3.63, 3.8) is 0 Å². The predicted octanol–water partition coefficient (Wildman–Crippen LogP) is 3.25. The lowest BCUT2D eigenvalue weighted by Crippen LogP contribution is -1.99. The Morgan fingerprint density at radius 1 is 1.47 bits per heavy atom. The number of carboxylic acid groups (broad SMARTS) is 1. The Hall–Kier alpha value is -1.48. The van der Waals surface area contributed by atoms with Gasteiger partial charge in [0.2, 0.25) is 0 Å². The minimum atomic E-state index is -0.812. The standard InChI is InChI=1S/C13H14ClNO2/c1-3-15-7-9(6-12(16)17)10-4-5-11(14)8(2)13(10)15/h4-5,7H,3,6H2,1-2H3,(H,16,17). The van der Waals surface area contributed by atoms with Crippen LogP contribution >= 0.6 is 11.6 Å². The molecule has 0 aliphatic rings. The van der Waals surface area contributed by atoms with E-state index in [1.165, 1.54) is 0 Å². The number of aryl methyl sites for hydroxylation is 2. The van der Waals surface area contributed by atoms with Crippen LogP contribution in [0.25, 0.3) is 10.9 Å². The van der Waals surface area contributed by atoms with E-state index in [9.17, 15) is 4.79 Å². The molecule has 0 fully saturated rings. The Morgan fingerprint density at radius 2 is 2.18 bits per heavy atom. The second-order valence-electron chi connectivity index (χ2n) is 4.08. The summed E-state index contributed by atoms with van der Waals surface area (Å²) >= 11 is 6.10. The molecule has 1 heterocycles. The first-order chi connectivity index (χ1) is 8.04. The number of carboxylic acids is 1. The van der Waals surface area contributed by atoms with Crippen molar-refractivity contribution in [2.24, 2.45) is 0 Å². The zero-order valence-electron chi connectivity index (χ0n) is 9.83. The summed E-state index contributed by atoms with van der Waals surface area (Å²) < 4.78 is 2.05. The second-order valence-corrected chi connectivity index (χ2v) is 4.49. The van der Waals surface area contributed by atoms with Crippen LogP contribution in [0.5, 0.6) is 0 Å². The number of hydrogen-bond donors (Lipinski definition) is 1. The molecule has 2 rings (SSSR count). The van der Waals surface area contributed by atoms with Crippen LogP contribution in [0.3, 0.4) is 0 Å². The molecule has 0 amide bonds. The molecule has 0 bridgehead atoms. The molecule has 0 atom stereocenters. The van der Waals surface area contributed by atoms with Gasteiger partial charge in [-0.2, -0.15) is 0 Å². The zero-order valence-corrected chi connectivity index (χ0v) is 10.6. The van der Waals surface area contributed by atoms with Gasteiger partial charge < -0.3 is 9.67 Å². The first kappa shape index (κ1) is 12.0. The van der Waals surface area contributed by atoms with Gasteiger partial charge in [0.05, 0.1) is 11.9 Å². The molecular formula is C13H14ClNO2. The van der Waals surface area contributed by atoms with Gasteiger partial charge in [-0.1, -0.05) is 17.7 Å². The lowest BCUT2D eigenvalue weighted by Gasteiger charge is -2.05. The van der Waals surface area contributed by atoms with Crippen molar-refractivity contribution in [3.05, 3.63) is 34.5 Å². The summed E-state index contributed by atoms with van der Waals surface area (Å²) in [5, 5.41) is 10.6. The molecule has 0 saturated carbocycles. The van der Waals surface area contributed by atoms with Crippen LogP contribution in [0.2, 0.25) is 5.02 Å². The van der Waals surface area contributed by atoms with E-state index in [0.29, 0.717) is 5.02 Å². The van der Waals surface area contributed by atoms with Crippen molar-refractivity contribution < 1.29 is 9.90 Å². The first-order valence-electron chi connectivity index (χ1n) is 5.53. The maximum absolute atomic E-state index is 10.8.